The van der Waals surface area contributed by atoms with E-state index < -0.39 is 10.0 Å². The predicted molar refractivity (Wildman–Crippen MR) is 71.6 cm³/mol. The third kappa shape index (κ3) is 2.43. The standard InChI is InChI=1S/C13H20N2O2S/c1-10-6-7-12(11(2)9-10)18(16,17)15-8-4-3-5-13(15)14/h6-7,9,13H,3-5,8,14H2,1-2H3. The van der Waals surface area contributed by atoms with Gasteiger partial charge in [0.05, 0.1) is 11.1 Å². The van der Waals surface area contributed by atoms with Crippen molar-refractivity contribution in [2.45, 2.75) is 44.2 Å². The van der Waals surface area contributed by atoms with Crippen molar-refractivity contribution in [2.75, 3.05) is 6.54 Å². The van der Waals surface area contributed by atoms with E-state index in [9.17, 15) is 8.42 Å². The minimum Gasteiger partial charge on any atom is -0.315 e. The summed E-state index contributed by atoms with van der Waals surface area (Å²) in [4.78, 5) is 0.380. The largest absolute Gasteiger partial charge is 0.315 e. The van der Waals surface area contributed by atoms with Crippen molar-refractivity contribution in [3.63, 3.8) is 0 Å². The minimum atomic E-state index is -3.45. The van der Waals surface area contributed by atoms with Gasteiger partial charge in [0.25, 0.3) is 0 Å². The lowest BCUT2D eigenvalue weighted by Gasteiger charge is -2.32. The molecule has 1 saturated heterocycles. The van der Waals surface area contributed by atoms with E-state index in [4.69, 9.17) is 5.73 Å². The van der Waals surface area contributed by atoms with E-state index in [1.54, 1.807) is 6.07 Å². The number of hydrogen-bond acceptors (Lipinski definition) is 3. The molecule has 1 aliphatic heterocycles. The van der Waals surface area contributed by atoms with Crippen LogP contribution in [0.3, 0.4) is 0 Å². The average molecular weight is 268 g/mol. The van der Waals surface area contributed by atoms with Gasteiger partial charge in [-0.15, -0.1) is 0 Å². The maximum atomic E-state index is 12.6. The van der Waals surface area contributed by atoms with Gasteiger partial charge in [-0.2, -0.15) is 4.31 Å². The highest BCUT2D eigenvalue weighted by Crippen LogP contribution is 2.25. The van der Waals surface area contributed by atoms with Gasteiger partial charge in [-0.05, 0) is 44.7 Å². The summed E-state index contributed by atoms with van der Waals surface area (Å²) in [5.41, 5.74) is 7.78. The highest BCUT2D eigenvalue weighted by atomic mass is 32.2. The van der Waals surface area contributed by atoms with Crippen molar-refractivity contribution < 1.29 is 8.42 Å². The number of sulfonamides is 1. The average Bonchev–Trinajstić information content (AvgIpc) is 2.28. The van der Waals surface area contributed by atoms with Crippen LogP contribution in [0, 0.1) is 13.8 Å². The molecule has 2 N–H and O–H groups in total. The van der Waals surface area contributed by atoms with Crippen LogP contribution >= 0.6 is 0 Å². The van der Waals surface area contributed by atoms with E-state index in [0.29, 0.717) is 11.4 Å². The summed E-state index contributed by atoms with van der Waals surface area (Å²) in [6, 6.07) is 5.40. The molecule has 1 atom stereocenters. The maximum Gasteiger partial charge on any atom is 0.244 e. The first kappa shape index (κ1) is 13.5. The fourth-order valence-electron chi connectivity index (χ4n) is 2.44. The van der Waals surface area contributed by atoms with Gasteiger partial charge >= 0.3 is 0 Å². The lowest BCUT2D eigenvalue weighted by atomic mass is 10.1. The van der Waals surface area contributed by atoms with Crippen molar-refractivity contribution in [3.05, 3.63) is 29.3 Å². The molecular formula is C13H20N2O2S. The van der Waals surface area contributed by atoms with Crippen LogP contribution < -0.4 is 5.73 Å². The van der Waals surface area contributed by atoms with Crippen molar-refractivity contribution in [2.24, 2.45) is 5.73 Å². The molecular weight excluding hydrogens is 248 g/mol. The van der Waals surface area contributed by atoms with Crippen molar-refractivity contribution >= 4 is 10.0 Å². The maximum absolute atomic E-state index is 12.6. The number of benzene rings is 1. The van der Waals surface area contributed by atoms with Crippen LogP contribution in [-0.2, 0) is 10.0 Å². The summed E-state index contributed by atoms with van der Waals surface area (Å²) < 4.78 is 26.6. The number of nitrogens with zero attached hydrogens (tertiary/aromatic N) is 1. The van der Waals surface area contributed by atoms with Crippen LogP contribution in [-0.4, -0.2) is 25.4 Å². The van der Waals surface area contributed by atoms with Gasteiger partial charge in [0.1, 0.15) is 0 Å². The Bertz CT molecular complexity index is 540. The first-order valence-electron chi connectivity index (χ1n) is 6.27. The van der Waals surface area contributed by atoms with E-state index in [2.05, 4.69) is 0 Å². The zero-order valence-corrected chi connectivity index (χ0v) is 11.7. The van der Waals surface area contributed by atoms with Gasteiger partial charge in [-0.3, -0.25) is 0 Å². The molecule has 1 aromatic carbocycles. The highest BCUT2D eigenvalue weighted by molar-refractivity contribution is 7.89. The Kier molecular flexibility index (Phi) is 3.75. The second-order valence-electron chi connectivity index (χ2n) is 4.95. The second kappa shape index (κ2) is 4.99. The normalized spacial score (nSPS) is 22.1. The first-order valence-corrected chi connectivity index (χ1v) is 7.71. The molecule has 100 valence electrons. The van der Waals surface area contributed by atoms with Crippen LogP contribution in [0.2, 0.25) is 0 Å². The van der Waals surface area contributed by atoms with E-state index in [-0.39, 0.29) is 6.17 Å². The molecule has 0 amide bonds. The van der Waals surface area contributed by atoms with E-state index >= 15 is 0 Å². The molecule has 2 rings (SSSR count). The van der Waals surface area contributed by atoms with Crippen LogP contribution in [0.4, 0.5) is 0 Å². The number of aryl methyl sites for hydroxylation is 2. The molecule has 4 nitrogen and oxygen atoms in total. The molecule has 0 bridgehead atoms. The van der Waals surface area contributed by atoms with E-state index in [1.807, 2.05) is 26.0 Å². The quantitative estimate of drug-likeness (QED) is 0.889. The van der Waals surface area contributed by atoms with E-state index in [1.165, 1.54) is 4.31 Å². The topological polar surface area (TPSA) is 63.4 Å². The molecule has 1 heterocycles. The van der Waals surface area contributed by atoms with Gasteiger partial charge in [0.15, 0.2) is 0 Å². The minimum absolute atomic E-state index is 0.380. The smallest absolute Gasteiger partial charge is 0.244 e. The molecule has 18 heavy (non-hydrogen) atoms. The molecule has 1 aromatic rings. The zero-order valence-electron chi connectivity index (χ0n) is 10.9. The number of rotatable bonds is 2. The van der Waals surface area contributed by atoms with Crippen LogP contribution in [0.5, 0.6) is 0 Å². The molecule has 0 aromatic heterocycles. The second-order valence-corrected chi connectivity index (χ2v) is 6.81. The van der Waals surface area contributed by atoms with Crippen LogP contribution in [0.1, 0.15) is 30.4 Å². The Hall–Kier alpha value is -0.910. The predicted octanol–water partition coefficient (Wildman–Crippen LogP) is 1.76. The van der Waals surface area contributed by atoms with Gasteiger partial charge in [-0.25, -0.2) is 8.42 Å². The van der Waals surface area contributed by atoms with Gasteiger partial charge < -0.3 is 5.73 Å². The molecule has 0 aliphatic carbocycles. The molecule has 1 unspecified atom stereocenters. The molecule has 1 aliphatic rings. The first-order chi connectivity index (χ1) is 8.43. The highest BCUT2D eigenvalue weighted by Gasteiger charge is 2.32. The summed E-state index contributed by atoms with van der Waals surface area (Å²) >= 11 is 0. The Balaban J connectivity index is 2.41. The van der Waals surface area contributed by atoms with Crippen molar-refractivity contribution in [1.29, 1.82) is 0 Å². The molecule has 0 radical (unpaired) electrons. The molecule has 0 saturated carbocycles. The third-order valence-corrected chi connectivity index (χ3v) is 5.50. The Morgan fingerprint density at radius 3 is 2.61 bits per heavy atom. The fraction of sp³-hybridized carbons (Fsp3) is 0.538. The lowest BCUT2D eigenvalue weighted by molar-refractivity contribution is 0.258. The van der Waals surface area contributed by atoms with Crippen molar-refractivity contribution in [1.82, 2.24) is 4.31 Å². The molecule has 5 heteroatoms. The van der Waals surface area contributed by atoms with Crippen LogP contribution in [0.15, 0.2) is 23.1 Å². The summed E-state index contributed by atoms with van der Waals surface area (Å²) in [5, 5.41) is 0. The zero-order chi connectivity index (χ0) is 13.3. The Morgan fingerprint density at radius 2 is 2.00 bits per heavy atom. The van der Waals surface area contributed by atoms with Crippen molar-refractivity contribution in [3.8, 4) is 0 Å². The Morgan fingerprint density at radius 1 is 1.28 bits per heavy atom. The Labute approximate surface area is 109 Å². The number of nitrogens with two attached hydrogens (primary N) is 1. The summed E-state index contributed by atoms with van der Waals surface area (Å²) in [5.74, 6) is 0. The fourth-order valence-corrected chi connectivity index (χ4v) is 4.23. The number of hydrogen-bond donors (Lipinski definition) is 1. The monoisotopic (exact) mass is 268 g/mol. The summed E-state index contributed by atoms with van der Waals surface area (Å²) in [6.07, 6.45) is 2.24. The van der Waals surface area contributed by atoms with E-state index in [0.717, 1.165) is 30.4 Å². The molecule has 0 spiro atoms. The van der Waals surface area contributed by atoms with Gasteiger partial charge in [0.2, 0.25) is 10.0 Å². The lowest BCUT2D eigenvalue weighted by Crippen LogP contribution is -2.48. The van der Waals surface area contributed by atoms with Crippen LogP contribution in [0.25, 0.3) is 0 Å². The van der Waals surface area contributed by atoms with Gasteiger partial charge in [-0.1, -0.05) is 17.7 Å². The summed E-state index contributed by atoms with van der Waals surface area (Å²) in [7, 11) is -3.45. The third-order valence-electron chi connectivity index (χ3n) is 3.42. The van der Waals surface area contributed by atoms with Gasteiger partial charge in [0, 0.05) is 6.54 Å². The summed E-state index contributed by atoms with van der Waals surface area (Å²) in [6.45, 7) is 4.31. The number of piperidine rings is 1. The SMILES string of the molecule is Cc1ccc(S(=O)(=O)N2CCCCC2N)c(C)c1. The molecule has 1 fully saturated rings.